The molecule has 0 saturated carbocycles. The highest BCUT2D eigenvalue weighted by atomic mass is 35.5. The van der Waals surface area contributed by atoms with E-state index in [0.29, 0.717) is 15.6 Å². The van der Waals surface area contributed by atoms with Gasteiger partial charge < -0.3 is 22.9 Å². The third-order valence-corrected chi connectivity index (χ3v) is 4.29. The Labute approximate surface area is 170 Å². The molecule has 12 heteroatoms. The Hall–Kier alpha value is -2.33. The molecule has 1 heterocycles. The lowest BCUT2D eigenvalue weighted by atomic mass is 10.1. The fourth-order valence-corrected chi connectivity index (χ4v) is 2.66. The van der Waals surface area contributed by atoms with Crippen LogP contribution in [0.3, 0.4) is 0 Å². The molecule has 9 nitrogen and oxygen atoms in total. The van der Waals surface area contributed by atoms with Gasteiger partial charge in [-0.2, -0.15) is 0 Å². The van der Waals surface area contributed by atoms with Gasteiger partial charge in [0.25, 0.3) is 0 Å². The van der Waals surface area contributed by atoms with Gasteiger partial charge in [0, 0.05) is 10.0 Å². The number of rotatable bonds is 5. The Bertz CT molecular complexity index is 890. The van der Waals surface area contributed by atoms with Gasteiger partial charge >= 0.3 is 0 Å². The monoisotopic (exact) mass is 430 g/mol. The zero-order valence-corrected chi connectivity index (χ0v) is 16.2. The number of halogens is 3. The number of aromatic nitrogens is 2. The molecule has 2 aromatic rings. The molecule has 1 amide bonds. The molecule has 2 rings (SSSR count). The van der Waals surface area contributed by atoms with Crippen LogP contribution < -0.4 is 28.3 Å². The average Bonchev–Trinajstić information content (AvgIpc) is 2.59. The SMILES string of the molecule is NC(=NCc1nc(Cl)c(N)nc1N)NC(=O)C(N)Cc1ccc(Cl)cc1Cl. The number of nitrogens with two attached hydrogens (primary N) is 4. The smallest absolute Gasteiger partial charge is 0.243 e. The van der Waals surface area contributed by atoms with E-state index in [1.807, 2.05) is 0 Å². The molecule has 1 aromatic carbocycles. The Morgan fingerprint density at radius 3 is 2.56 bits per heavy atom. The summed E-state index contributed by atoms with van der Waals surface area (Å²) < 4.78 is 0. The highest BCUT2D eigenvalue weighted by molar-refractivity contribution is 6.35. The molecule has 0 aliphatic rings. The zero-order chi connectivity index (χ0) is 20.1. The summed E-state index contributed by atoms with van der Waals surface area (Å²) in [7, 11) is 0. The van der Waals surface area contributed by atoms with Gasteiger partial charge in [-0.05, 0) is 24.1 Å². The van der Waals surface area contributed by atoms with E-state index in [4.69, 9.17) is 57.7 Å². The van der Waals surface area contributed by atoms with Crippen LogP contribution in [0, 0.1) is 0 Å². The summed E-state index contributed by atoms with van der Waals surface area (Å²) in [6.07, 6.45) is 0.196. The molecule has 144 valence electrons. The van der Waals surface area contributed by atoms with Crippen LogP contribution in [0.15, 0.2) is 23.2 Å². The van der Waals surface area contributed by atoms with Gasteiger partial charge in [0.15, 0.2) is 16.9 Å². The van der Waals surface area contributed by atoms with Gasteiger partial charge in [-0.1, -0.05) is 40.9 Å². The van der Waals surface area contributed by atoms with E-state index in [2.05, 4.69) is 20.3 Å². The number of hydrogen-bond donors (Lipinski definition) is 5. The minimum Gasteiger partial charge on any atom is -0.382 e. The summed E-state index contributed by atoms with van der Waals surface area (Å²) in [4.78, 5) is 23.9. The van der Waals surface area contributed by atoms with Gasteiger partial charge in [0.05, 0.1) is 12.6 Å². The fourth-order valence-electron chi connectivity index (χ4n) is 2.03. The van der Waals surface area contributed by atoms with E-state index < -0.39 is 11.9 Å². The Kier molecular flexibility index (Phi) is 7.03. The first kappa shape index (κ1) is 21.0. The maximum atomic E-state index is 12.2. The molecular weight excluding hydrogens is 415 g/mol. The highest BCUT2D eigenvalue weighted by Gasteiger charge is 2.17. The molecule has 27 heavy (non-hydrogen) atoms. The molecule has 1 unspecified atom stereocenters. The van der Waals surface area contributed by atoms with E-state index in [0.717, 1.165) is 0 Å². The van der Waals surface area contributed by atoms with Crippen molar-refractivity contribution in [1.82, 2.24) is 15.3 Å². The average molecular weight is 432 g/mol. The molecule has 0 saturated heterocycles. The van der Waals surface area contributed by atoms with E-state index >= 15 is 0 Å². The van der Waals surface area contributed by atoms with Crippen molar-refractivity contribution in [2.45, 2.75) is 19.0 Å². The molecule has 0 aliphatic carbocycles. The molecule has 9 N–H and O–H groups in total. The Balaban J connectivity index is 1.97. The first-order chi connectivity index (χ1) is 12.7. The van der Waals surface area contributed by atoms with E-state index in [9.17, 15) is 4.79 Å². The number of carbonyl (C=O) groups is 1. The van der Waals surface area contributed by atoms with Crippen LogP contribution in [-0.2, 0) is 17.8 Å². The van der Waals surface area contributed by atoms with Crippen molar-refractivity contribution >= 4 is 58.3 Å². The van der Waals surface area contributed by atoms with Crippen molar-refractivity contribution in [2.24, 2.45) is 16.5 Å². The first-order valence-electron chi connectivity index (χ1n) is 7.55. The number of amides is 1. The van der Waals surface area contributed by atoms with Crippen molar-refractivity contribution in [1.29, 1.82) is 0 Å². The maximum absolute atomic E-state index is 12.2. The number of nitrogens with zero attached hydrogens (tertiary/aromatic N) is 3. The second kappa shape index (κ2) is 9.05. The quantitative estimate of drug-likeness (QED) is 0.348. The number of anilines is 2. The zero-order valence-electron chi connectivity index (χ0n) is 13.9. The molecular formula is C15H17Cl3N8O. The number of nitrogen functional groups attached to an aromatic ring is 2. The lowest BCUT2D eigenvalue weighted by Gasteiger charge is -2.13. The number of guanidine groups is 1. The minimum atomic E-state index is -0.895. The molecule has 1 aromatic heterocycles. The van der Waals surface area contributed by atoms with Crippen molar-refractivity contribution in [2.75, 3.05) is 11.5 Å². The lowest BCUT2D eigenvalue weighted by Crippen LogP contribution is -2.47. The Morgan fingerprint density at radius 2 is 1.89 bits per heavy atom. The van der Waals surface area contributed by atoms with Crippen LogP contribution in [0.25, 0.3) is 0 Å². The van der Waals surface area contributed by atoms with Crippen LogP contribution >= 0.6 is 34.8 Å². The van der Waals surface area contributed by atoms with Crippen molar-refractivity contribution < 1.29 is 4.79 Å². The van der Waals surface area contributed by atoms with E-state index in [-0.39, 0.29) is 41.4 Å². The predicted octanol–water partition coefficient (Wildman–Crippen LogP) is 1.10. The van der Waals surface area contributed by atoms with Crippen molar-refractivity contribution in [3.8, 4) is 0 Å². The van der Waals surface area contributed by atoms with E-state index in [1.165, 1.54) is 0 Å². The second-order valence-corrected chi connectivity index (χ2v) is 6.67. The van der Waals surface area contributed by atoms with Crippen LogP contribution in [0.4, 0.5) is 11.6 Å². The molecule has 0 spiro atoms. The largest absolute Gasteiger partial charge is 0.382 e. The molecule has 1 atom stereocenters. The number of aliphatic imine (C=N–C) groups is 1. The van der Waals surface area contributed by atoms with Crippen LogP contribution in [-0.4, -0.2) is 27.9 Å². The maximum Gasteiger partial charge on any atom is 0.243 e. The minimum absolute atomic E-state index is 0.00104. The summed E-state index contributed by atoms with van der Waals surface area (Å²) in [5.74, 6) is -0.618. The third kappa shape index (κ3) is 5.83. The standard InChI is InChI=1S/C15H17Cl3N8O/c16-7-2-1-6(8(17)4-7)3-9(19)14(27)26-15(22)23-5-10-12(20)25-13(21)11(18)24-10/h1-2,4,9H,3,5,19H2,(H4,20,21,25)(H3,22,23,26,27). The van der Waals surface area contributed by atoms with E-state index in [1.54, 1.807) is 18.2 Å². The lowest BCUT2D eigenvalue weighted by molar-refractivity contribution is -0.120. The predicted molar refractivity (Wildman–Crippen MR) is 107 cm³/mol. The van der Waals surface area contributed by atoms with Crippen LogP contribution in [0.1, 0.15) is 11.3 Å². The van der Waals surface area contributed by atoms with Crippen molar-refractivity contribution in [3.63, 3.8) is 0 Å². The number of carbonyl (C=O) groups excluding carboxylic acids is 1. The Morgan fingerprint density at radius 1 is 1.19 bits per heavy atom. The summed E-state index contributed by atoms with van der Waals surface area (Å²) >= 11 is 17.7. The molecule has 0 radical (unpaired) electrons. The van der Waals surface area contributed by atoms with Gasteiger partial charge in [-0.25, -0.2) is 15.0 Å². The summed E-state index contributed by atoms with van der Waals surface area (Å²) in [6.45, 7) is -0.0524. The van der Waals surface area contributed by atoms with Crippen molar-refractivity contribution in [3.05, 3.63) is 44.7 Å². The second-order valence-electron chi connectivity index (χ2n) is 5.47. The highest BCUT2D eigenvalue weighted by Crippen LogP contribution is 2.22. The van der Waals surface area contributed by atoms with Gasteiger partial charge in [0.1, 0.15) is 11.5 Å². The van der Waals surface area contributed by atoms with Crippen LogP contribution in [0.5, 0.6) is 0 Å². The van der Waals surface area contributed by atoms with Gasteiger partial charge in [-0.3, -0.25) is 10.1 Å². The number of nitrogens with one attached hydrogen (secondary N) is 1. The molecule has 0 bridgehead atoms. The molecule has 0 fully saturated rings. The summed E-state index contributed by atoms with van der Waals surface area (Å²) in [5, 5.41) is 3.30. The normalized spacial score (nSPS) is 12.7. The summed E-state index contributed by atoms with van der Waals surface area (Å²) in [5.41, 5.74) is 23.7. The molecule has 0 aliphatic heterocycles. The number of benzene rings is 1. The number of hydrogen-bond acceptors (Lipinski definition) is 7. The third-order valence-electron chi connectivity index (χ3n) is 3.42. The van der Waals surface area contributed by atoms with Gasteiger partial charge in [0.2, 0.25) is 5.91 Å². The topological polar surface area (TPSA) is 171 Å². The fraction of sp³-hybridized carbons (Fsp3) is 0.200. The van der Waals surface area contributed by atoms with Gasteiger partial charge in [-0.15, -0.1) is 0 Å². The summed E-state index contributed by atoms with van der Waals surface area (Å²) in [6, 6.07) is 4.03. The van der Waals surface area contributed by atoms with Crippen LogP contribution in [0.2, 0.25) is 15.2 Å². The first-order valence-corrected chi connectivity index (χ1v) is 8.68.